The highest BCUT2D eigenvalue weighted by atomic mass is 16.3. The lowest BCUT2D eigenvalue weighted by molar-refractivity contribution is 0.408. The van der Waals surface area contributed by atoms with Crippen LogP contribution in [0.1, 0.15) is 42.8 Å². The second kappa shape index (κ2) is 6.06. The van der Waals surface area contributed by atoms with Crippen LogP contribution in [0, 0.1) is 6.92 Å². The molecule has 2 aromatic heterocycles. The largest absolute Gasteiger partial charge is 0.465 e. The molecule has 1 N–H and O–H groups in total. The standard InChI is InChI=1S/C15H23N3O/c1-5-12-9-13(18(6-2)17-12)10-14(16-4)15-8-7-11(3)19-15/h7-9,14,16H,5-6,10H2,1-4H3. The van der Waals surface area contributed by atoms with Crippen molar-refractivity contribution in [2.24, 2.45) is 0 Å². The molecular weight excluding hydrogens is 238 g/mol. The van der Waals surface area contributed by atoms with Crippen molar-refractivity contribution in [2.75, 3.05) is 7.05 Å². The second-order valence-electron chi connectivity index (χ2n) is 4.79. The summed E-state index contributed by atoms with van der Waals surface area (Å²) < 4.78 is 7.81. The fourth-order valence-corrected chi connectivity index (χ4v) is 2.32. The predicted molar refractivity (Wildman–Crippen MR) is 76.2 cm³/mol. The Hall–Kier alpha value is -1.55. The van der Waals surface area contributed by atoms with Crippen molar-refractivity contribution in [3.8, 4) is 0 Å². The minimum atomic E-state index is 0.195. The first kappa shape index (κ1) is 13.9. The Morgan fingerprint density at radius 2 is 2.16 bits per heavy atom. The van der Waals surface area contributed by atoms with Gasteiger partial charge in [0.15, 0.2) is 0 Å². The van der Waals surface area contributed by atoms with E-state index in [2.05, 4.69) is 35.0 Å². The number of hydrogen-bond donors (Lipinski definition) is 1. The van der Waals surface area contributed by atoms with E-state index < -0.39 is 0 Å². The molecule has 0 spiro atoms. The summed E-state index contributed by atoms with van der Waals surface area (Å²) in [5.74, 6) is 1.94. The van der Waals surface area contributed by atoms with Crippen LogP contribution in [0.2, 0.25) is 0 Å². The molecule has 0 fully saturated rings. The lowest BCUT2D eigenvalue weighted by Gasteiger charge is -2.14. The third-order valence-corrected chi connectivity index (χ3v) is 3.44. The molecular formula is C15H23N3O. The molecule has 4 nitrogen and oxygen atoms in total. The molecule has 2 heterocycles. The van der Waals surface area contributed by atoms with Crippen molar-refractivity contribution in [3.05, 3.63) is 41.1 Å². The number of aryl methyl sites for hydroxylation is 3. The van der Waals surface area contributed by atoms with Gasteiger partial charge < -0.3 is 9.73 Å². The number of nitrogens with zero attached hydrogens (tertiary/aromatic N) is 2. The molecule has 0 radical (unpaired) electrons. The van der Waals surface area contributed by atoms with Gasteiger partial charge in [-0.25, -0.2) is 0 Å². The Kier molecular flexibility index (Phi) is 4.43. The Morgan fingerprint density at radius 3 is 2.68 bits per heavy atom. The van der Waals surface area contributed by atoms with Crippen LogP contribution in [0.4, 0.5) is 0 Å². The fourth-order valence-electron chi connectivity index (χ4n) is 2.32. The summed E-state index contributed by atoms with van der Waals surface area (Å²) in [6.07, 6.45) is 1.87. The smallest absolute Gasteiger partial charge is 0.121 e. The van der Waals surface area contributed by atoms with E-state index in [1.165, 1.54) is 5.69 Å². The van der Waals surface area contributed by atoms with Gasteiger partial charge in [0.2, 0.25) is 0 Å². The third-order valence-electron chi connectivity index (χ3n) is 3.44. The highest BCUT2D eigenvalue weighted by molar-refractivity contribution is 5.16. The summed E-state index contributed by atoms with van der Waals surface area (Å²) in [6, 6.07) is 6.45. The highest BCUT2D eigenvalue weighted by Gasteiger charge is 2.17. The van der Waals surface area contributed by atoms with Crippen LogP contribution >= 0.6 is 0 Å². The zero-order chi connectivity index (χ0) is 13.8. The van der Waals surface area contributed by atoms with E-state index in [1.54, 1.807) is 0 Å². The first-order valence-electron chi connectivity index (χ1n) is 6.97. The van der Waals surface area contributed by atoms with Crippen LogP contribution in [0.15, 0.2) is 22.6 Å². The molecule has 1 atom stereocenters. The lowest BCUT2D eigenvalue weighted by Crippen LogP contribution is -2.20. The molecule has 19 heavy (non-hydrogen) atoms. The summed E-state index contributed by atoms with van der Waals surface area (Å²) in [5, 5.41) is 7.92. The van der Waals surface area contributed by atoms with E-state index in [-0.39, 0.29) is 6.04 Å². The Balaban J connectivity index is 2.20. The minimum absolute atomic E-state index is 0.195. The Labute approximate surface area is 114 Å². The average molecular weight is 261 g/mol. The van der Waals surface area contributed by atoms with Gasteiger partial charge in [-0.15, -0.1) is 0 Å². The summed E-state index contributed by atoms with van der Waals surface area (Å²) >= 11 is 0. The second-order valence-corrected chi connectivity index (χ2v) is 4.79. The van der Waals surface area contributed by atoms with Gasteiger partial charge in [0, 0.05) is 18.7 Å². The normalized spacial score (nSPS) is 12.8. The molecule has 0 bridgehead atoms. The number of hydrogen-bond acceptors (Lipinski definition) is 3. The number of likely N-dealkylation sites (N-methyl/N-ethyl adjacent to an activating group) is 1. The van der Waals surface area contributed by atoms with E-state index in [1.807, 2.05) is 26.1 Å². The van der Waals surface area contributed by atoms with Crippen LogP contribution in [0.25, 0.3) is 0 Å². The quantitative estimate of drug-likeness (QED) is 0.869. The van der Waals surface area contributed by atoms with Crippen molar-refractivity contribution in [2.45, 2.75) is 46.2 Å². The maximum atomic E-state index is 5.72. The third kappa shape index (κ3) is 3.07. The van der Waals surface area contributed by atoms with Crippen LogP contribution in [0.5, 0.6) is 0 Å². The molecule has 4 heteroatoms. The first-order valence-corrected chi connectivity index (χ1v) is 6.97. The van der Waals surface area contributed by atoms with Crippen molar-refractivity contribution in [1.82, 2.24) is 15.1 Å². The van der Waals surface area contributed by atoms with Crippen molar-refractivity contribution < 1.29 is 4.42 Å². The molecule has 0 aliphatic rings. The van der Waals surface area contributed by atoms with Gasteiger partial charge in [0.25, 0.3) is 0 Å². The van der Waals surface area contributed by atoms with Crippen molar-refractivity contribution in [3.63, 3.8) is 0 Å². The van der Waals surface area contributed by atoms with Gasteiger partial charge in [-0.3, -0.25) is 4.68 Å². The fraction of sp³-hybridized carbons (Fsp3) is 0.533. The van der Waals surface area contributed by atoms with E-state index in [0.29, 0.717) is 0 Å². The summed E-state index contributed by atoms with van der Waals surface area (Å²) in [7, 11) is 1.97. The van der Waals surface area contributed by atoms with Gasteiger partial charge in [-0.1, -0.05) is 6.92 Å². The number of rotatable bonds is 6. The van der Waals surface area contributed by atoms with Gasteiger partial charge in [0.1, 0.15) is 11.5 Å². The molecule has 0 aromatic carbocycles. The van der Waals surface area contributed by atoms with Gasteiger partial charge in [0.05, 0.1) is 11.7 Å². The van der Waals surface area contributed by atoms with Crippen LogP contribution in [0.3, 0.4) is 0 Å². The SMILES string of the molecule is CCc1cc(CC(NC)c2ccc(C)o2)n(CC)n1. The lowest BCUT2D eigenvalue weighted by atomic mass is 10.1. The molecule has 0 saturated carbocycles. The monoisotopic (exact) mass is 261 g/mol. The van der Waals surface area contributed by atoms with Crippen LogP contribution in [-0.4, -0.2) is 16.8 Å². The molecule has 0 aliphatic carbocycles. The van der Waals surface area contributed by atoms with Crippen LogP contribution < -0.4 is 5.32 Å². The molecule has 104 valence electrons. The molecule has 0 amide bonds. The number of aromatic nitrogens is 2. The molecule has 0 aliphatic heterocycles. The minimum Gasteiger partial charge on any atom is -0.465 e. The van der Waals surface area contributed by atoms with Gasteiger partial charge >= 0.3 is 0 Å². The topological polar surface area (TPSA) is 43.0 Å². The van der Waals surface area contributed by atoms with E-state index >= 15 is 0 Å². The molecule has 1 unspecified atom stereocenters. The molecule has 2 aromatic rings. The maximum Gasteiger partial charge on any atom is 0.121 e. The predicted octanol–water partition coefficient (Wildman–Crippen LogP) is 2.87. The van der Waals surface area contributed by atoms with Crippen molar-refractivity contribution >= 4 is 0 Å². The Bertz CT molecular complexity index is 527. The number of furan rings is 1. The maximum absolute atomic E-state index is 5.72. The van der Waals surface area contributed by atoms with E-state index in [9.17, 15) is 0 Å². The van der Waals surface area contributed by atoms with E-state index in [0.717, 1.165) is 36.6 Å². The summed E-state index contributed by atoms with van der Waals surface area (Å²) in [5.41, 5.74) is 2.41. The zero-order valence-corrected chi connectivity index (χ0v) is 12.2. The molecule has 2 rings (SSSR count). The molecule has 0 saturated heterocycles. The number of nitrogens with one attached hydrogen (secondary N) is 1. The average Bonchev–Trinajstić information content (AvgIpc) is 3.01. The van der Waals surface area contributed by atoms with Gasteiger partial charge in [-0.05, 0) is 45.5 Å². The van der Waals surface area contributed by atoms with Gasteiger partial charge in [-0.2, -0.15) is 5.10 Å². The van der Waals surface area contributed by atoms with E-state index in [4.69, 9.17) is 4.42 Å². The van der Waals surface area contributed by atoms with Crippen molar-refractivity contribution in [1.29, 1.82) is 0 Å². The summed E-state index contributed by atoms with van der Waals surface area (Å²) in [4.78, 5) is 0. The Morgan fingerprint density at radius 1 is 1.37 bits per heavy atom. The first-order chi connectivity index (χ1) is 9.17. The highest BCUT2D eigenvalue weighted by Crippen LogP contribution is 2.21. The van der Waals surface area contributed by atoms with Crippen LogP contribution in [-0.2, 0) is 19.4 Å². The summed E-state index contributed by atoms with van der Waals surface area (Å²) in [6.45, 7) is 7.14. The zero-order valence-electron chi connectivity index (χ0n) is 12.2.